The molecule has 5 nitrogen and oxygen atoms in total. The Morgan fingerprint density at radius 3 is 2.43 bits per heavy atom. The maximum Gasteiger partial charge on any atom is 0.354 e. The van der Waals surface area contributed by atoms with Crippen LogP contribution in [0.5, 0.6) is 0 Å². The van der Waals surface area contributed by atoms with E-state index in [0.29, 0.717) is 11.3 Å². The molecule has 2 heterocycles. The Bertz CT molecular complexity index is 655. The van der Waals surface area contributed by atoms with Gasteiger partial charge in [-0.25, -0.2) is 9.78 Å². The summed E-state index contributed by atoms with van der Waals surface area (Å²) < 4.78 is 1.69. The number of imidazole rings is 1. The normalized spacial score (nSPS) is 11.0. The van der Waals surface area contributed by atoms with Crippen molar-refractivity contribution < 1.29 is 9.90 Å². The first-order chi connectivity index (χ1) is 9.99. The number of carbonyl (C=O) groups is 1. The highest BCUT2D eigenvalue weighted by molar-refractivity contribution is 5.88. The minimum absolute atomic E-state index is 0.249. The molecule has 2 aromatic rings. The van der Waals surface area contributed by atoms with E-state index in [4.69, 9.17) is 0 Å². The topological polar surface area (TPSA) is 57.8 Å². The number of aromatic nitrogens is 2. The van der Waals surface area contributed by atoms with Crippen LogP contribution in [-0.4, -0.2) is 33.6 Å². The van der Waals surface area contributed by atoms with Gasteiger partial charge in [0.25, 0.3) is 0 Å². The third kappa shape index (κ3) is 2.86. The Morgan fingerprint density at radius 1 is 1.29 bits per heavy atom. The summed E-state index contributed by atoms with van der Waals surface area (Å²) in [6.45, 7) is 10.0. The Hall–Kier alpha value is -2.04. The van der Waals surface area contributed by atoms with Crippen molar-refractivity contribution in [3.05, 3.63) is 29.2 Å². The maximum atomic E-state index is 11.4. The van der Waals surface area contributed by atoms with Gasteiger partial charge in [-0.05, 0) is 38.3 Å². The zero-order chi connectivity index (χ0) is 15.6. The van der Waals surface area contributed by atoms with Crippen LogP contribution in [0.25, 0.3) is 5.65 Å². The highest BCUT2D eigenvalue weighted by Crippen LogP contribution is 2.24. The van der Waals surface area contributed by atoms with Crippen molar-refractivity contribution in [1.82, 2.24) is 9.38 Å². The van der Waals surface area contributed by atoms with Crippen LogP contribution < -0.4 is 4.90 Å². The second-order valence-electron chi connectivity index (χ2n) is 5.41. The largest absolute Gasteiger partial charge is 0.477 e. The summed E-state index contributed by atoms with van der Waals surface area (Å²) in [4.78, 5) is 18.1. The number of hydrogen-bond acceptors (Lipinski definition) is 3. The lowest BCUT2D eigenvalue weighted by Crippen LogP contribution is -2.26. The van der Waals surface area contributed by atoms with Crippen LogP contribution in [0.3, 0.4) is 0 Å². The smallest absolute Gasteiger partial charge is 0.354 e. The zero-order valence-electron chi connectivity index (χ0n) is 13.2. The van der Waals surface area contributed by atoms with E-state index in [1.165, 1.54) is 0 Å². The van der Waals surface area contributed by atoms with Gasteiger partial charge in [-0.2, -0.15) is 0 Å². The molecular formula is C16H23N3O2. The van der Waals surface area contributed by atoms with Gasteiger partial charge in [0.1, 0.15) is 5.65 Å². The quantitative estimate of drug-likeness (QED) is 0.886. The lowest BCUT2D eigenvalue weighted by atomic mass is 10.2. The monoisotopic (exact) mass is 289 g/mol. The molecule has 5 heteroatoms. The molecule has 114 valence electrons. The van der Waals surface area contributed by atoms with E-state index in [2.05, 4.69) is 30.7 Å². The molecule has 0 fully saturated rings. The van der Waals surface area contributed by atoms with Gasteiger partial charge in [-0.1, -0.05) is 13.8 Å². The lowest BCUT2D eigenvalue weighted by molar-refractivity contribution is 0.0688. The first kappa shape index (κ1) is 15.4. The molecule has 0 unspecified atom stereocenters. The first-order valence-corrected chi connectivity index (χ1v) is 7.47. The van der Waals surface area contributed by atoms with Gasteiger partial charge >= 0.3 is 5.97 Å². The average Bonchev–Trinajstić information content (AvgIpc) is 2.72. The summed E-state index contributed by atoms with van der Waals surface area (Å²) in [7, 11) is 0. The van der Waals surface area contributed by atoms with Gasteiger partial charge in [0.2, 0.25) is 0 Å². The summed E-state index contributed by atoms with van der Waals surface area (Å²) in [5, 5.41) is 9.38. The van der Waals surface area contributed by atoms with E-state index in [1.807, 2.05) is 12.3 Å². The summed E-state index contributed by atoms with van der Waals surface area (Å²) in [6, 6.07) is 1.97. The molecule has 21 heavy (non-hydrogen) atoms. The Kier molecular flexibility index (Phi) is 4.50. The third-order valence-corrected chi connectivity index (χ3v) is 3.64. The molecule has 0 atom stereocenters. The molecule has 0 amide bonds. The molecule has 0 aromatic carbocycles. The van der Waals surface area contributed by atoms with E-state index < -0.39 is 5.97 Å². The van der Waals surface area contributed by atoms with Crippen molar-refractivity contribution in [2.24, 2.45) is 0 Å². The number of anilines is 1. The minimum atomic E-state index is -0.938. The van der Waals surface area contributed by atoms with E-state index >= 15 is 0 Å². The summed E-state index contributed by atoms with van der Waals surface area (Å²) >= 11 is 0. The van der Waals surface area contributed by atoms with E-state index in [0.717, 1.165) is 37.2 Å². The fourth-order valence-electron chi connectivity index (χ4n) is 2.77. The second kappa shape index (κ2) is 6.16. The highest BCUT2D eigenvalue weighted by atomic mass is 16.4. The van der Waals surface area contributed by atoms with E-state index in [-0.39, 0.29) is 5.69 Å². The Morgan fingerprint density at radius 2 is 1.90 bits per heavy atom. The number of carboxylic acid groups (broad SMARTS) is 1. The van der Waals surface area contributed by atoms with Gasteiger partial charge in [0.05, 0.1) is 11.4 Å². The fraction of sp³-hybridized carbons (Fsp3) is 0.500. The average molecular weight is 289 g/mol. The van der Waals surface area contributed by atoms with Gasteiger partial charge in [-0.3, -0.25) is 4.40 Å². The van der Waals surface area contributed by atoms with E-state index in [1.54, 1.807) is 11.3 Å². The van der Waals surface area contributed by atoms with E-state index in [9.17, 15) is 9.90 Å². The van der Waals surface area contributed by atoms with Crippen LogP contribution in [0.4, 0.5) is 5.69 Å². The van der Waals surface area contributed by atoms with Crippen LogP contribution in [0.1, 0.15) is 48.4 Å². The minimum Gasteiger partial charge on any atom is -0.477 e. The molecule has 0 saturated heterocycles. The Labute approximate surface area is 125 Å². The van der Waals surface area contributed by atoms with Crippen LogP contribution in [-0.2, 0) is 0 Å². The SMILES string of the molecule is CCCN(CCC)c1cn2c(C(=O)O)c(C)nc2cc1C. The van der Waals surface area contributed by atoms with Crippen molar-refractivity contribution in [3.8, 4) is 0 Å². The number of aryl methyl sites for hydroxylation is 2. The van der Waals surface area contributed by atoms with Crippen LogP contribution in [0.2, 0.25) is 0 Å². The molecule has 0 saturated carbocycles. The molecule has 1 N–H and O–H groups in total. The van der Waals surface area contributed by atoms with Gasteiger partial charge in [-0.15, -0.1) is 0 Å². The Balaban J connectivity index is 2.61. The van der Waals surface area contributed by atoms with Crippen molar-refractivity contribution in [1.29, 1.82) is 0 Å². The lowest BCUT2D eigenvalue weighted by Gasteiger charge is -2.25. The standard InChI is InChI=1S/C16H23N3O2/c1-5-7-18(8-6-2)13-10-19-14(9-11(13)3)17-12(4)15(19)16(20)21/h9-10H,5-8H2,1-4H3,(H,20,21). The summed E-state index contributed by atoms with van der Waals surface area (Å²) in [5.74, 6) is -0.938. The van der Waals surface area contributed by atoms with Gasteiger partial charge in [0, 0.05) is 19.3 Å². The first-order valence-electron chi connectivity index (χ1n) is 7.47. The number of rotatable bonds is 6. The number of fused-ring (bicyclic) bond motifs is 1. The molecule has 0 aliphatic carbocycles. The summed E-state index contributed by atoms with van der Waals surface area (Å²) in [5.41, 5.74) is 3.72. The van der Waals surface area contributed by atoms with Crippen molar-refractivity contribution in [3.63, 3.8) is 0 Å². The summed E-state index contributed by atoms with van der Waals surface area (Å²) in [6.07, 6.45) is 4.04. The fourth-order valence-corrected chi connectivity index (χ4v) is 2.77. The molecule has 0 aliphatic rings. The molecule has 0 spiro atoms. The number of carboxylic acids is 1. The van der Waals surface area contributed by atoms with Crippen LogP contribution in [0.15, 0.2) is 12.3 Å². The third-order valence-electron chi connectivity index (χ3n) is 3.64. The highest BCUT2D eigenvalue weighted by Gasteiger charge is 2.18. The second-order valence-corrected chi connectivity index (χ2v) is 5.41. The molecule has 0 bridgehead atoms. The van der Waals surface area contributed by atoms with Gasteiger partial charge in [0.15, 0.2) is 5.69 Å². The molecule has 2 rings (SSSR count). The number of aromatic carboxylic acids is 1. The number of pyridine rings is 1. The molecule has 0 radical (unpaired) electrons. The van der Waals surface area contributed by atoms with Crippen molar-refractivity contribution in [2.45, 2.75) is 40.5 Å². The predicted molar refractivity (Wildman–Crippen MR) is 84.4 cm³/mol. The van der Waals surface area contributed by atoms with Gasteiger partial charge < -0.3 is 10.0 Å². The zero-order valence-corrected chi connectivity index (χ0v) is 13.2. The number of nitrogens with zero attached hydrogens (tertiary/aromatic N) is 3. The number of hydrogen-bond donors (Lipinski definition) is 1. The molecule has 2 aromatic heterocycles. The van der Waals surface area contributed by atoms with Crippen LogP contribution in [0, 0.1) is 13.8 Å². The maximum absolute atomic E-state index is 11.4. The molecular weight excluding hydrogens is 266 g/mol. The molecule has 0 aliphatic heterocycles. The van der Waals surface area contributed by atoms with Crippen molar-refractivity contribution >= 4 is 17.3 Å². The van der Waals surface area contributed by atoms with Crippen molar-refractivity contribution in [2.75, 3.05) is 18.0 Å². The van der Waals surface area contributed by atoms with Crippen LogP contribution >= 0.6 is 0 Å². The predicted octanol–water partition coefficient (Wildman–Crippen LogP) is 3.28.